The summed E-state index contributed by atoms with van der Waals surface area (Å²) in [5.74, 6) is 0.793. The van der Waals surface area contributed by atoms with Crippen LogP contribution in [0.1, 0.15) is 0 Å². The highest BCUT2D eigenvalue weighted by Crippen LogP contribution is 2.35. The van der Waals surface area contributed by atoms with Crippen molar-refractivity contribution in [1.29, 1.82) is 0 Å². The van der Waals surface area contributed by atoms with Crippen LogP contribution in [-0.2, 0) is 9.59 Å². The number of anilines is 2. The van der Waals surface area contributed by atoms with Crippen LogP contribution in [0.4, 0.5) is 11.6 Å². The lowest BCUT2D eigenvalue weighted by Crippen LogP contribution is -2.43. The molecule has 10 heteroatoms. The van der Waals surface area contributed by atoms with Gasteiger partial charge in [0, 0.05) is 12.3 Å². The van der Waals surface area contributed by atoms with E-state index in [1.165, 1.54) is 12.0 Å². The summed E-state index contributed by atoms with van der Waals surface area (Å²) < 4.78 is 10.6. The van der Waals surface area contributed by atoms with E-state index < -0.39 is 5.91 Å². The number of methoxy groups -OCH3 is 1. The van der Waals surface area contributed by atoms with Crippen molar-refractivity contribution >= 4 is 23.5 Å². The van der Waals surface area contributed by atoms with Gasteiger partial charge in [-0.2, -0.15) is 4.98 Å². The molecule has 28 heavy (non-hydrogen) atoms. The van der Waals surface area contributed by atoms with Gasteiger partial charge in [0.2, 0.25) is 11.9 Å². The summed E-state index contributed by atoms with van der Waals surface area (Å²) in [5.41, 5.74) is 1.06. The molecule has 0 spiro atoms. The molecule has 1 aromatic carbocycles. The Hall–Kier alpha value is -3.95. The van der Waals surface area contributed by atoms with E-state index in [9.17, 15) is 9.59 Å². The Labute approximate surface area is 159 Å². The van der Waals surface area contributed by atoms with Crippen LogP contribution >= 0.6 is 0 Å². The minimum Gasteiger partial charge on any atom is -0.497 e. The Bertz CT molecular complexity index is 1020. The highest BCUT2D eigenvalue weighted by molar-refractivity contribution is 6.04. The van der Waals surface area contributed by atoms with E-state index >= 15 is 0 Å². The first-order valence-electron chi connectivity index (χ1n) is 8.39. The second kappa shape index (κ2) is 7.35. The van der Waals surface area contributed by atoms with E-state index in [4.69, 9.17) is 9.47 Å². The number of fused-ring (bicyclic) bond motifs is 1. The predicted octanol–water partition coefficient (Wildman–Crippen LogP) is 1.24. The van der Waals surface area contributed by atoms with Crippen LogP contribution in [-0.4, -0.2) is 52.2 Å². The maximum Gasteiger partial charge on any atom is 0.265 e. The van der Waals surface area contributed by atoms with Crippen LogP contribution < -0.4 is 19.7 Å². The van der Waals surface area contributed by atoms with Crippen molar-refractivity contribution in [3.8, 4) is 23.0 Å². The number of hydrogen-bond donors (Lipinski definition) is 2. The molecule has 3 aromatic rings. The Morgan fingerprint density at radius 3 is 3.04 bits per heavy atom. The van der Waals surface area contributed by atoms with Crippen LogP contribution in [0, 0.1) is 0 Å². The average Bonchev–Trinajstić information content (AvgIpc) is 3.19. The number of nitrogens with one attached hydrogen (secondary N) is 2. The SMILES string of the molecule is COc1ccc2c(c1)N(CC(=O)Nc1n[nH]c(-c3ccccn3)n1)C(=O)CO2. The smallest absolute Gasteiger partial charge is 0.265 e. The van der Waals surface area contributed by atoms with Gasteiger partial charge in [0.25, 0.3) is 5.91 Å². The fourth-order valence-corrected chi connectivity index (χ4v) is 2.73. The third kappa shape index (κ3) is 3.47. The summed E-state index contributed by atoms with van der Waals surface area (Å²) in [6.45, 7) is -0.354. The number of benzene rings is 1. The summed E-state index contributed by atoms with van der Waals surface area (Å²) in [5, 5.41) is 9.25. The molecule has 0 fully saturated rings. The third-order valence-corrected chi connectivity index (χ3v) is 4.05. The molecule has 2 amide bonds. The Morgan fingerprint density at radius 1 is 1.36 bits per heavy atom. The van der Waals surface area contributed by atoms with Gasteiger partial charge in [-0.1, -0.05) is 6.07 Å². The monoisotopic (exact) mass is 380 g/mol. The summed E-state index contributed by atoms with van der Waals surface area (Å²) in [6, 6.07) is 10.4. The number of hydrogen-bond acceptors (Lipinski definition) is 7. The summed E-state index contributed by atoms with van der Waals surface area (Å²) >= 11 is 0. The van der Waals surface area contributed by atoms with Gasteiger partial charge in [-0.05, 0) is 24.3 Å². The van der Waals surface area contributed by atoms with E-state index in [1.54, 1.807) is 36.5 Å². The van der Waals surface area contributed by atoms with E-state index in [-0.39, 0.29) is 25.0 Å². The average molecular weight is 380 g/mol. The van der Waals surface area contributed by atoms with E-state index in [2.05, 4.69) is 25.5 Å². The zero-order valence-corrected chi connectivity index (χ0v) is 14.9. The number of aromatic amines is 1. The van der Waals surface area contributed by atoms with Crippen molar-refractivity contribution in [2.45, 2.75) is 0 Å². The second-order valence-corrected chi connectivity index (χ2v) is 5.87. The summed E-state index contributed by atoms with van der Waals surface area (Å²) in [4.78, 5) is 34.4. The number of nitrogens with zero attached hydrogens (tertiary/aromatic N) is 4. The maximum atomic E-state index is 12.4. The van der Waals surface area contributed by atoms with Gasteiger partial charge in [-0.3, -0.25) is 29.9 Å². The molecular formula is C18H16N6O4. The molecule has 1 aliphatic heterocycles. The fourth-order valence-electron chi connectivity index (χ4n) is 2.73. The zero-order valence-electron chi connectivity index (χ0n) is 14.9. The molecule has 0 atom stereocenters. The first-order valence-corrected chi connectivity index (χ1v) is 8.39. The number of carbonyl (C=O) groups is 2. The topological polar surface area (TPSA) is 122 Å². The number of carbonyl (C=O) groups excluding carboxylic acids is 2. The molecular weight excluding hydrogens is 364 g/mol. The molecule has 0 unspecified atom stereocenters. The lowest BCUT2D eigenvalue weighted by Gasteiger charge is -2.29. The molecule has 10 nitrogen and oxygen atoms in total. The Kier molecular flexibility index (Phi) is 4.58. The standard InChI is InChI=1S/C18H16N6O4/c1-27-11-5-6-14-13(8-11)24(16(26)10-28-14)9-15(25)20-18-21-17(22-23-18)12-4-2-3-7-19-12/h2-8H,9-10H2,1H3,(H2,20,21,22,23,25). The largest absolute Gasteiger partial charge is 0.497 e. The molecule has 0 aliphatic carbocycles. The van der Waals surface area contributed by atoms with Gasteiger partial charge in [0.05, 0.1) is 12.8 Å². The van der Waals surface area contributed by atoms with Gasteiger partial charge >= 0.3 is 0 Å². The number of rotatable bonds is 5. The van der Waals surface area contributed by atoms with Crippen LogP contribution in [0.5, 0.6) is 11.5 Å². The van der Waals surface area contributed by atoms with Crippen molar-refractivity contribution in [2.24, 2.45) is 0 Å². The second-order valence-electron chi connectivity index (χ2n) is 5.87. The zero-order chi connectivity index (χ0) is 19.5. The lowest BCUT2D eigenvalue weighted by molar-refractivity contribution is -0.123. The van der Waals surface area contributed by atoms with Gasteiger partial charge in [0.1, 0.15) is 23.7 Å². The third-order valence-electron chi connectivity index (χ3n) is 4.05. The summed E-state index contributed by atoms with van der Waals surface area (Å²) in [7, 11) is 1.52. The molecule has 3 heterocycles. The number of pyridine rings is 1. The van der Waals surface area contributed by atoms with Crippen molar-refractivity contribution in [3.05, 3.63) is 42.6 Å². The van der Waals surface area contributed by atoms with Crippen LogP contribution in [0.15, 0.2) is 42.6 Å². The van der Waals surface area contributed by atoms with Crippen molar-refractivity contribution < 1.29 is 19.1 Å². The molecule has 142 valence electrons. The lowest BCUT2D eigenvalue weighted by atomic mass is 10.2. The molecule has 4 rings (SSSR count). The number of H-pyrrole nitrogens is 1. The molecule has 0 saturated carbocycles. The van der Waals surface area contributed by atoms with Crippen molar-refractivity contribution in [2.75, 3.05) is 30.5 Å². The minimum absolute atomic E-state index is 0.0947. The molecule has 0 radical (unpaired) electrons. The van der Waals surface area contributed by atoms with Gasteiger partial charge in [-0.25, -0.2) is 0 Å². The molecule has 2 N–H and O–H groups in total. The van der Waals surface area contributed by atoms with E-state index in [1.807, 2.05) is 6.07 Å². The molecule has 0 saturated heterocycles. The quantitative estimate of drug-likeness (QED) is 0.683. The van der Waals surface area contributed by atoms with Crippen LogP contribution in [0.25, 0.3) is 11.5 Å². The van der Waals surface area contributed by atoms with Crippen LogP contribution in [0.2, 0.25) is 0 Å². The van der Waals surface area contributed by atoms with Crippen LogP contribution in [0.3, 0.4) is 0 Å². The number of aromatic nitrogens is 4. The minimum atomic E-state index is -0.449. The van der Waals surface area contributed by atoms with Crippen molar-refractivity contribution in [1.82, 2.24) is 20.2 Å². The molecule has 1 aliphatic rings. The summed E-state index contributed by atoms with van der Waals surface area (Å²) in [6.07, 6.45) is 1.63. The first kappa shape index (κ1) is 17.5. The Balaban J connectivity index is 1.49. The number of amides is 2. The predicted molar refractivity (Wildman–Crippen MR) is 99.1 cm³/mol. The van der Waals surface area contributed by atoms with Gasteiger partial charge in [-0.15, -0.1) is 5.10 Å². The fraction of sp³-hybridized carbons (Fsp3) is 0.167. The van der Waals surface area contributed by atoms with E-state index in [0.717, 1.165) is 0 Å². The molecule has 0 bridgehead atoms. The van der Waals surface area contributed by atoms with Crippen molar-refractivity contribution in [3.63, 3.8) is 0 Å². The van der Waals surface area contributed by atoms with Gasteiger partial charge < -0.3 is 9.47 Å². The highest BCUT2D eigenvalue weighted by Gasteiger charge is 2.28. The first-order chi connectivity index (χ1) is 13.6. The number of ether oxygens (including phenoxy) is 2. The van der Waals surface area contributed by atoms with E-state index in [0.29, 0.717) is 28.7 Å². The van der Waals surface area contributed by atoms with Gasteiger partial charge in [0.15, 0.2) is 12.4 Å². The highest BCUT2D eigenvalue weighted by atomic mass is 16.5. The normalized spacial score (nSPS) is 12.9. The molecule has 2 aromatic heterocycles. The Morgan fingerprint density at radius 2 is 2.25 bits per heavy atom. The maximum absolute atomic E-state index is 12.4.